The topological polar surface area (TPSA) is 64.6 Å². The molecule has 4 aromatic carbocycles. The number of hydrogen-bond acceptors (Lipinski definition) is 4. The molecule has 4 aromatic rings. The average molecular weight is 484 g/mol. The van der Waals surface area contributed by atoms with Crippen LogP contribution in [0.15, 0.2) is 96.6 Å². The fraction of sp³-hybridized carbons (Fsp3) is 0.133. The zero-order chi connectivity index (χ0) is 25.3. The van der Waals surface area contributed by atoms with Crippen LogP contribution in [0.2, 0.25) is 0 Å². The third-order valence-corrected chi connectivity index (χ3v) is 5.71. The van der Waals surface area contributed by atoms with Gasteiger partial charge in [0.2, 0.25) is 0 Å². The van der Waals surface area contributed by atoms with Gasteiger partial charge in [-0.3, -0.25) is 4.79 Å². The second-order valence-electron chi connectivity index (χ2n) is 8.18. The first-order valence-electron chi connectivity index (χ1n) is 11.6. The smallest absolute Gasteiger partial charge is 0.337 e. The minimum atomic E-state index is -0.427. The van der Waals surface area contributed by atoms with Gasteiger partial charge in [0.1, 0.15) is 18.2 Å². The van der Waals surface area contributed by atoms with Crippen molar-refractivity contribution in [3.8, 4) is 5.75 Å². The summed E-state index contributed by atoms with van der Waals surface area (Å²) in [7, 11) is 1.33. The van der Waals surface area contributed by atoms with Crippen LogP contribution in [0.3, 0.4) is 0 Å². The number of methoxy groups -OCH3 is 1. The Labute approximate surface area is 209 Å². The summed E-state index contributed by atoms with van der Waals surface area (Å²) in [6.07, 6.45) is 2.30. The van der Waals surface area contributed by atoms with Crippen LogP contribution in [0, 0.1) is 5.82 Å². The molecule has 1 N–H and O–H groups in total. The number of fused-ring (bicyclic) bond motifs is 1. The monoisotopic (exact) mass is 483 g/mol. The summed E-state index contributed by atoms with van der Waals surface area (Å²) in [5, 5.41) is 4.92. The SMILES string of the molecule is COC(=O)c1ccc(C=C(COc2cccc3ccccc23)C(=O)NCCc2ccc(F)cc2)cc1. The van der Waals surface area contributed by atoms with Gasteiger partial charge < -0.3 is 14.8 Å². The molecule has 0 spiro atoms. The van der Waals surface area contributed by atoms with Crippen LogP contribution < -0.4 is 10.1 Å². The number of nitrogens with one attached hydrogen (secondary N) is 1. The second-order valence-corrected chi connectivity index (χ2v) is 8.18. The number of esters is 1. The number of hydrogen-bond donors (Lipinski definition) is 1. The Morgan fingerprint density at radius 3 is 2.36 bits per heavy atom. The van der Waals surface area contributed by atoms with Gasteiger partial charge in [-0.1, -0.05) is 60.7 Å². The van der Waals surface area contributed by atoms with Crippen molar-refractivity contribution < 1.29 is 23.5 Å². The van der Waals surface area contributed by atoms with Crippen LogP contribution in [0.25, 0.3) is 16.8 Å². The fourth-order valence-corrected chi connectivity index (χ4v) is 3.77. The van der Waals surface area contributed by atoms with Crippen LogP contribution >= 0.6 is 0 Å². The number of carbonyl (C=O) groups is 2. The van der Waals surface area contributed by atoms with Gasteiger partial charge in [-0.05, 0) is 59.3 Å². The molecule has 0 aliphatic carbocycles. The van der Waals surface area contributed by atoms with Crippen molar-refractivity contribution in [3.63, 3.8) is 0 Å². The summed E-state index contributed by atoms with van der Waals surface area (Å²) < 4.78 is 24.0. The number of benzene rings is 4. The molecule has 0 aromatic heterocycles. The number of amides is 1. The maximum absolute atomic E-state index is 13.1. The van der Waals surface area contributed by atoms with Crippen molar-refractivity contribution in [1.82, 2.24) is 5.32 Å². The van der Waals surface area contributed by atoms with Crippen LogP contribution in [0.5, 0.6) is 5.75 Å². The molecule has 4 rings (SSSR count). The van der Waals surface area contributed by atoms with Crippen molar-refractivity contribution in [2.24, 2.45) is 0 Å². The van der Waals surface area contributed by atoms with E-state index in [0.29, 0.717) is 29.9 Å². The van der Waals surface area contributed by atoms with Crippen molar-refractivity contribution in [2.45, 2.75) is 6.42 Å². The zero-order valence-electron chi connectivity index (χ0n) is 19.9. The van der Waals surface area contributed by atoms with E-state index in [1.807, 2.05) is 42.5 Å². The molecule has 5 nitrogen and oxygen atoms in total. The summed E-state index contributed by atoms with van der Waals surface area (Å²) in [6, 6.07) is 26.7. The third kappa shape index (κ3) is 6.36. The maximum Gasteiger partial charge on any atom is 0.337 e. The number of halogens is 1. The van der Waals surface area contributed by atoms with E-state index in [-0.39, 0.29) is 18.3 Å². The minimum Gasteiger partial charge on any atom is -0.488 e. The van der Waals surface area contributed by atoms with Gasteiger partial charge in [0.25, 0.3) is 5.91 Å². The quantitative estimate of drug-likeness (QED) is 0.249. The minimum absolute atomic E-state index is 0.0507. The molecule has 0 unspecified atom stereocenters. The van der Waals surface area contributed by atoms with Crippen LogP contribution in [-0.2, 0) is 16.0 Å². The van der Waals surface area contributed by atoms with Crippen molar-refractivity contribution in [3.05, 3.63) is 119 Å². The molecular weight excluding hydrogens is 457 g/mol. The Morgan fingerprint density at radius 2 is 1.61 bits per heavy atom. The predicted octanol–water partition coefficient (Wildman–Crippen LogP) is 5.59. The lowest BCUT2D eigenvalue weighted by atomic mass is 10.1. The molecule has 0 aliphatic heterocycles. The van der Waals surface area contributed by atoms with Gasteiger partial charge in [0, 0.05) is 11.9 Å². The van der Waals surface area contributed by atoms with E-state index in [9.17, 15) is 14.0 Å². The molecule has 0 saturated heterocycles. The lowest BCUT2D eigenvalue weighted by molar-refractivity contribution is -0.117. The van der Waals surface area contributed by atoms with Crippen molar-refractivity contribution >= 4 is 28.7 Å². The Hall–Kier alpha value is -4.45. The number of carbonyl (C=O) groups excluding carboxylic acids is 2. The van der Waals surface area contributed by atoms with E-state index >= 15 is 0 Å². The van der Waals surface area contributed by atoms with Gasteiger partial charge in [-0.2, -0.15) is 0 Å². The molecule has 0 bridgehead atoms. The van der Waals surface area contributed by atoms with Gasteiger partial charge >= 0.3 is 5.97 Å². The Morgan fingerprint density at radius 1 is 0.889 bits per heavy atom. The molecule has 1 amide bonds. The first kappa shape index (κ1) is 24.7. The molecule has 182 valence electrons. The molecule has 0 saturated carbocycles. The van der Waals surface area contributed by atoms with Gasteiger partial charge in [-0.25, -0.2) is 9.18 Å². The van der Waals surface area contributed by atoms with E-state index in [1.165, 1.54) is 19.2 Å². The van der Waals surface area contributed by atoms with Gasteiger partial charge in [0.05, 0.1) is 18.2 Å². The summed E-state index contributed by atoms with van der Waals surface area (Å²) >= 11 is 0. The predicted molar refractivity (Wildman–Crippen MR) is 138 cm³/mol. The maximum atomic E-state index is 13.1. The van der Waals surface area contributed by atoms with E-state index in [1.54, 1.807) is 42.5 Å². The first-order valence-corrected chi connectivity index (χ1v) is 11.6. The molecule has 6 heteroatoms. The Balaban J connectivity index is 1.51. The van der Waals surface area contributed by atoms with E-state index in [4.69, 9.17) is 9.47 Å². The van der Waals surface area contributed by atoms with Gasteiger partial charge in [0.15, 0.2) is 0 Å². The second kappa shape index (κ2) is 11.8. The number of ether oxygens (including phenoxy) is 2. The standard InChI is InChI=1S/C30H26FNO4/c1-35-30(34)24-13-9-22(10-14-24)19-25(29(33)32-18-17-21-11-15-26(31)16-12-21)20-36-28-8-4-6-23-5-2-3-7-27(23)28/h2-16,19H,17-18,20H2,1H3,(H,32,33). The number of rotatable bonds is 9. The van der Waals surface area contributed by atoms with E-state index in [0.717, 1.165) is 21.9 Å². The normalized spacial score (nSPS) is 11.2. The Kier molecular flexibility index (Phi) is 8.08. The molecule has 0 fully saturated rings. The average Bonchev–Trinajstić information content (AvgIpc) is 2.92. The molecule has 0 radical (unpaired) electrons. The molecule has 0 aliphatic rings. The van der Waals surface area contributed by atoms with Crippen LogP contribution in [0.1, 0.15) is 21.5 Å². The highest BCUT2D eigenvalue weighted by Crippen LogP contribution is 2.25. The Bertz CT molecular complexity index is 1370. The lowest BCUT2D eigenvalue weighted by Crippen LogP contribution is -2.29. The molecular formula is C30H26FNO4. The highest BCUT2D eigenvalue weighted by molar-refractivity contribution is 5.98. The summed E-state index contributed by atoms with van der Waals surface area (Å²) in [6.45, 7) is 0.437. The summed E-state index contributed by atoms with van der Waals surface area (Å²) in [5.74, 6) is -0.311. The van der Waals surface area contributed by atoms with Crippen LogP contribution in [-0.4, -0.2) is 32.1 Å². The zero-order valence-corrected chi connectivity index (χ0v) is 19.9. The summed E-state index contributed by atoms with van der Waals surface area (Å²) in [4.78, 5) is 24.8. The largest absolute Gasteiger partial charge is 0.488 e. The fourth-order valence-electron chi connectivity index (χ4n) is 3.77. The highest BCUT2D eigenvalue weighted by Gasteiger charge is 2.13. The van der Waals surface area contributed by atoms with E-state index < -0.39 is 5.97 Å². The van der Waals surface area contributed by atoms with Crippen molar-refractivity contribution in [2.75, 3.05) is 20.3 Å². The molecule has 36 heavy (non-hydrogen) atoms. The molecule has 0 atom stereocenters. The lowest BCUT2D eigenvalue weighted by Gasteiger charge is -2.13. The van der Waals surface area contributed by atoms with Crippen molar-refractivity contribution in [1.29, 1.82) is 0 Å². The third-order valence-electron chi connectivity index (χ3n) is 5.71. The highest BCUT2D eigenvalue weighted by atomic mass is 19.1. The van der Waals surface area contributed by atoms with Crippen LogP contribution in [0.4, 0.5) is 4.39 Å². The first-order chi connectivity index (χ1) is 17.5. The van der Waals surface area contributed by atoms with E-state index in [2.05, 4.69) is 5.32 Å². The molecule has 0 heterocycles. The summed E-state index contributed by atoms with van der Waals surface area (Å²) in [5.41, 5.74) is 2.51. The van der Waals surface area contributed by atoms with Gasteiger partial charge in [-0.15, -0.1) is 0 Å².